The summed E-state index contributed by atoms with van der Waals surface area (Å²) in [5, 5.41) is 13.6. The molecule has 22 heavy (non-hydrogen) atoms. The maximum absolute atomic E-state index is 11.3. The van der Waals surface area contributed by atoms with Gasteiger partial charge >= 0.3 is 5.97 Å². The summed E-state index contributed by atoms with van der Waals surface area (Å²) in [5.74, 6) is -0.933. The van der Waals surface area contributed by atoms with Crippen LogP contribution in [0.4, 0.5) is 0 Å². The van der Waals surface area contributed by atoms with Crippen LogP contribution < -0.4 is 0 Å². The van der Waals surface area contributed by atoms with Crippen LogP contribution in [0.15, 0.2) is 36.7 Å². The lowest BCUT2D eigenvalue weighted by molar-refractivity contribution is 0.0696. The van der Waals surface area contributed by atoms with Gasteiger partial charge in [-0.25, -0.2) is 9.48 Å². The number of rotatable bonds is 4. The van der Waals surface area contributed by atoms with Crippen LogP contribution >= 0.6 is 0 Å². The molecular weight excluding hydrogens is 278 g/mol. The maximum atomic E-state index is 11.3. The Morgan fingerprint density at radius 3 is 2.95 bits per heavy atom. The van der Waals surface area contributed by atoms with Gasteiger partial charge in [-0.1, -0.05) is 18.6 Å². The molecule has 1 aromatic heterocycles. The van der Waals surface area contributed by atoms with Gasteiger partial charge < -0.3 is 5.11 Å². The highest BCUT2D eigenvalue weighted by atomic mass is 16.4. The number of carboxylic acids is 1. The SMILES string of the molecule is C[C@@H]1CCCCN1Cc1cnn(-c2ccccc2C(=O)O)c1. The van der Waals surface area contributed by atoms with Gasteiger partial charge in [0.05, 0.1) is 17.4 Å². The Labute approximate surface area is 130 Å². The molecule has 2 aromatic rings. The van der Waals surface area contributed by atoms with Gasteiger partial charge in [0.1, 0.15) is 0 Å². The quantitative estimate of drug-likeness (QED) is 0.943. The molecule has 0 amide bonds. The molecule has 1 aromatic carbocycles. The van der Waals surface area contributed by atoms with E-state index in [0.717, 1.165) is 18.7 Å². The van der Waals surface area contributed by atoms with Crippen LogP contribution in [0.1, 0.15) is 42.1 Å². The number of aromatic nitrogens is 2. The first kappa shape index (κ1) is 14.8. The summed E-state index contributed by atoms with van der Waals surface area (Å²) in [7, 11) is 0. The van der Waals surface area contributed by atoms with E-state index in [-0.39, 0.29) is 5.56 Å². The standard InChI is InChI=1S/C17H21N3O2/c1-13-6-4-5-9-19(13)11-14-10-18-20(12-14)16-8-3-2-7-15(16)17(21)22/h2-3,7-8,10,12-13H,4-6,9,11H2,1H3,(H,21,22)/t13-/m1/s1. The summed E-state index contributed by atoms with van der Waals surface area (Å²) < 4.78 is 1.66. The fourth-order valence-electron chi connectivity index (χ4n) is 3.05. The molecule has 0 saturated carbocycles. The van der Waals surface area contributed by atoms with Gasteiger partial charge in [-0.05, 0) is 38.4 Å². The lowest BCUT2D eigenvalue weighted by Gasteiger charge is -2.32. The van der Waals surface area contributed by atoms with Gasteiger partial charge in [-0.3, -0.25) is 4.90 Å². The van der Waals surface area contributed by atoms with Crippen LogP contribution in [0.5, 0.6) is 0 Å². The number of piperidine rings is 1. The summed E-state index contributed by atoms with van der Waals surface area (Å²) in [6, 6.07) is 7.54. The number of aromatic carboxylic acids is 1. The van der Waals surface area contributed by atoms with E-state index in [1.165, 1.54) is 19.3 Å². The van der Waals surface area contributed by atoms with Crippen molar-refractivity contribution in [1.82, 2.24) is 14.7 Å². The predicted molar refractivity (Wildman–Crippen MR) is 84.2 cm³/mol. The van der Waals surface area contributed by atoms with Crippen molar-refractivity contribution >= 4 is 5.97 Å². The zero-order valence-electron chi connectivity index (χ0n) is 12.8. The molecule has 5 nitrogen and oxygen atoms in total. The molecule has 1 atom stereocenters. The van der Waals surface area contributed by atoms with Crippen LogP contribution in [0.25, 0.3) is 5.69 Å². The number of hydrogen-bond acceptors (Lipinski definition) is 3. The summed E-state index contributed by atoms with van der Waals surface area (Å²) in [5.41, 5.74) is 1.99. The highest BCUT2D eigenvalue weighted by Crippen LogP contribution is 2.20. The molecule has 5 heteroatoms. The monoisotopic (exact) mass is 299 g/mol. The number of benzene rings is 1. The largest absolute Gasteiger partial charge is 0.478 e. The molecule has 0 aliphatic carbocycles. The molecule has 0 spiro atoms. The number of likely N-dealkylation sites (tertiary alicyclic amines) is 1. The molecule has 1 saturated heterocycles. The first-order chi connectivity index (χ1) is 10.6. The Morgan fingerprint density at radius 2 is 2.18 bits per heavy atom. The molecule has 1 aliphatic heterocycles. The maximum Gasteiger partial charge on any atom is 0.337 e. The molecule has 1 fully saturated rings. The Hall–Kier alpha value is -2.14. The third kappa shape index (κ3) is 3.04. The zero-order chi connectivity index (χ0) is 15.5. The summed E-state index contributed by atoms with van der Waals surface area (Å²) in [4.78, 5) is 13.8. The van der Waals surface area contributed by atoms with Crippen molar-refractivity contribution in [3.63, 3.8) is 0 Å². The van der Waals surface area contributed by atoms with Crippen molar-refractivity contribution in [3.8, 4) is 5.69 Å². The van der Waals surface area contributed by atoms with E-state index in [0.29, 0.717) is 11.7 Å². The third-order valence-corrected chi connectivity index (χ3v) is 4.34. The van der Waals surface area contributed by atoms with Crippen molar-refractivity contribution in [3.05, 3.63) is 47.8 Å². The van der Waals surface area contributed by atoms with Gasteiger partial charge in [0, 0.05) is 24.3 Å². The number of carbonyl (C=O) groups is 1. The van der Waals surface area contributed by atoms with E-state index in [1.807, 2.05) is 18.5 Å². The minimum absolute atomic E-state index is 0.267. The van der Waals surface area contributed by atoms with Crippen molar-refractivity contribution < 1.29 is 9.90 Å². The van der Waals surface area contributed by atoms with Crippen LogP contribution in [-0.2, 0) is 6.54 Å². The van der Waals surface area contributed by atoms with Crippen LogP contribution in [0.2, 0.25) is 0 Å². The normalized spacial score (nSPS) is 19.2. The van der Waals surface area contributed by atoms with Crippen LogP contribution in [-0.4, -0.2) is 38.3 Å². The average Bonchev–Trinajstić information content (AvgIpc) is 2.98. The number of para-hydroxylation sites is 1. The summed E-state index contributed by atoms with van der Waals surface area (Å²) in [6.07, 6.45) is 7.57. The number of hydrogen-bond donors (Lipinski definition) is 1. The predicted octanol–water partition coefficient (Wildman–Crippen LogP) is 2.94. The molecular formula is C17H21N3O2. The second-order valence-corrected chi connectivity index (χ2v) is 5.93. The van der Waals surface area contributed by atoms with Crippen LogP contribution in [0, 0.1) is 0 Å². The average molecular weight is 299 g/mol. The zero-order valence-corrected chi connectivity index (χ0v) is 12.8. The minimum atomic E-state index is -0.933. The Kier molecular flexibility index (Phi) is 4.24. The minimum Gasteiger partial charge on any atom is -0.478 e. The van der Waals surface area contributed by atoms with E-state index in [1.54, 1.807) is 22.9 Å². The van der Waals surface area contributed by atoms with Gasteiger partial charge in [0.15, 0.2) is 0 Å². The smallest absolute Gasteiger partial charge is 0.337 e. The summed E-state index contributed by atoms with van der Waals surface area (Å²) >= 11 is 0. The van der Waals surface area contributed by atoms with Gasteiger partial charge in [0.2, 0.25) is 0 Å². The van der Waals surface area contributed by atoms with E-state index in [9.17, 15) is 9.90 Å². The van der Waals surface area contributed by atoms with E-state index >= 15 is 0 Å². The fourth-order valence-corrected chi connectivity index (χ4v) is 3.05. The van der Waals surface area contributed by atoms with Gasteiger partial charge in [0.25, 0.3) is 0 Å². The molecule has 1 N–H and O–H groups in total. The molecule has 116 valence electrons. The van der Waals surface area contributed by atoms with E-state index < -0.39 is 5.97 Å². The van der Waals surface area contributed by atoms with Crippen molar-refractivity contribution in [2.75, 3.05) is 6.54 Å². The number of nitrogens with zero attached hydrogens (tertiary/aromatic N) is 3. The molecule has 1 aliphatic rings. The Morgan fingerprint density at radius 1 is 1.36 bits per heavy atom. The van der Waals surface area contributed by atoms with Gasteiger partial charge in [-0.2, -0.15) is 5.10 Å². The van der Waals surface area contributed by atoms with E-state index in [2.05, 4.69) is 16.9 Å². The van der Waals surface area contributed by atoms with E-state index in [4.69, 9.17) is 0 Å². The topological polar surface area (TPSA) is 58.4 Å². The molecule has 3 rings (SSSR count). The molecule has 2 heterocycles. The highest BCUT2D eigenvalue weighted by Gasteiger charge is 2.19. The first-order valence-electron chi connectivity index (χ1n) is 7.75. The lowest BCUT2D eigenvalue weighted by Crippen LogP contribution is -2.36. The van der Waals surface area contributed by atoms with Gasteiger partial charge in [-0.15, -0.1) is 0 Å². The third-order valence-electron chi connectivity index (χ3n) is 4.34. The van der Waals surface area contributed by atoms with Crippen molar-refractivity contribution in [1.29, 1.82) is 0 Å². The second-order valence-electron chi connectivity index (χ2n) is 5.93. The van der Waals surface area contributed by atoms with Crippen molar-refractivity contribution in [2.24, 2.45) is 0 Å². The molecule has 0 bridgehead atoms. The highest BCUT2D eigenvalue weighted by molar-refractivity contribution is 5.91. The van der Waals surface area contributed by atoms with Crippen LogP contribution in [0.3, 0.4) is 0 Å². The number of carboxylic acid groups (broad SMARTS) is 1. The molecule has 0 unspecified atom stereocenters. The van der Waals surface area contributed by atoms with Crippen molar-refractivity contribution in [2.45, 2.75) is 38.8 Å². The second kappa shape index (κ2) is 6.32. The fraction of sp³-hybridized carbons (Fsp3) is 0.412. The molecule has 0 radical (unpaired) electrons. The Balaban J connectivity index is 1.81. The Bertz CT molecular complexity index is 665. The first-order valence-corrected chi connectivity index (χ1v) is 7.75. The lowest BCUT2D eigenvalue weighted by atomic mass is 10.0. The summed E-state index contributed by atoms with van der Waals surface area (Å²) in [6.45, 7) is 4.26.